The van der Waals surface area contributed by atoms with E-state index in [-0.39, 0.29) is 36.7 Å². The first-order chi connectivity index (χ1) is 14.3. The SMILES string of the molecule is Cc1ccc(O[C@H](C)C(=O)N(C)CC(=O)N2c3ccccc3NC(=O)C[C@@H]2C)cc1. The van der Waals surface area contributed by atoms with E-state index in [4.69, 9.17) is 4.74 Å². The highest BCUT2D eigenvalue weighted by molar-refractivity contribution is 6.05. The molecule has 1 N–H and O–H groups in total. The van der Waals surface area contributed by atoms with Crippen LogP contribution in [0.15, 0.2) is 48.5 Å². The first-order valence-electron chi connectivity index (χ1n) is 9.95. The molecule has 0 unspecified atom stereocenters. The molecule has 30 heavy (non-hydrogen) atoms. The van der Waals surface area contributed by atoms with Crippen molar-refractivity contribution in [3.63, 3.8) is 0 Å². The standard InChI is InChI=1S/C23H27N3O4/c1-15-9-11-18(12-10-15)30-17(3)23(29)25(4)14-22(28)26-16(2)13-21(27)24-19-7-5-6-8-20(19)26/h5-12,16-17H,13-14H2,1-4H3,(H,24,27)/t16-,17+/m0/s1. The molecule has 2 aromatic carbocycles. The second kappa shape index (κ2) is 8.98. The number of carbonyl (C=O) groups excluding carboxylic acids is 3. The Morgan fingerprint density at radius 3 is 2.57 bits per heavy atom. The monoisotopic (exact) mass is 409 g/mol. The number of para-hydroxylation sites is 2. The van der Waals surface area contributed by atoms with Crippen LogP contribution in [0.4, 0.5) is 11.4 Å². The van der Waals surface area contributed by atoms with Crippen LogP contribution in [0.5, 0.6) is 5.75 Å². The number of anilines is 2. The van der Waals surface area contributed by atoms with Crippen molar-refractivity contribution >= 4 is 29.1 Å². The minimum Gasteiger partial charge on any atom is -0.481 e. The van der Waals surface area contributed by atoms with Crippen molar-refractivity contribution in [3.05, 3.63) is 54.1 Å². The summed E-state index contributed by atoms with van der Waals surface area (Å²) in [4.78, 5) is 40.9. The molecule has 7 nitrogen and oxygen atoms in total. The molecule has 2 aromatic rings. The number of carbonyl (C=O) groups is 3. The van der Waals surface area contributed by atoms with Crippen LogP contribution >= 0.6 is 0 Å². The number of benzene rings is 2. The summed E-state index contributed by atoms with van der Waals surface area (Å²) in [6.45, 7) is 5.34. The lowest BCUT2D eigenvalue weighted by Crippen LogP contribution is -2.47. The lowest BCUT2D eigenvalue weighted by atomic mass is 10.1. The number of nitrogens with zero attached hydrogens (tertiary/aromatic N) is 2. The number of rotatable bonds is 5. The molecule has 0 aliphatic carbocycles. The van der Waals surface area contributed by atoms with Crippen LogP contribution in [0.1, 0.15) is 25.8 Å². The summed E-state index contributed by atoms with van der Waals surface area (Å²) in [5, 5.41) is 2.83. The van der Waals surface area contributed by atoms with Gasteiger partial charge in [-0.1, -0.05) is 29.8 Å². The smallest absolute Gasteiger partial charge is 0.263 e. The van der Waals surface area contributed by atoms with Crippen molar-refractivity contribution in [3.8, 4) is 5.75 Å². The van der Waals surface area contributed by atoms with E-state index in [1.807, 2.05) is 44.2 Å². The molecule has 3 amide bonds. The van der Waals surface area contributed by atoms with Gasteiger partial charge in [0.15, 0.2) is 6.10 Å². The molecule has 0 saturated heterocycles. The Hall–Kier alpha value is -3.35. The summed E-state index contributed by atoms with van der Waals surface area (Å²) in [5.74, 6) is -0.102. The van der Waals surface area contributed by atoms with Gasteiger partial charge in [0.2, 0.25) is 11.8 Å². The highest BCUT2D eigenvalue weighted by Crippen LogP contribution is 2.31. The number of fused-ring (bicyclic) bond motifs is 1. The highest BCUT2D eigenvalue weighted by atomic mass is 16.5. The predicted octanol–water partition coefficient (Wildman–Crippen LogP) is 2.98. The number of likely N-dealkylation sites (N-methyl/N-ethyl adjacent to an activating group) is 1. The Morgan fingerprint density at radius 1 is 1.20 bits per heavy atom. The fraction of sp³-hybridized carbons (Fsp3) is 0.348. The molecule has 2 atom stereocenters. The van der Waals surface area contributed by atoms with Gasteiger partial charge in [-0.3, -0.25) is 14.4 Å². The maximum absolute atomic E-state index is 13.1. The van der Waals surface area contributed by atoms with Crippen molar-refractivity contribution in [1.29, 1.82) is 0 Å². The summed E-state index contributed by atoms with van der Waals surface area (Å²) in [7, 11) is 1.58. The fourth-order valence-electron chi connectivity index (χ4n) is 3.51. The Balaban J connectivity index is 1.70. The van der Waals surface area contributed by atoms with Crippen LogP contribution in [0.3, 0.4) is 0 Å². The Morgan fingerprint density at radius 2 is 1.87 bits per heavy atom. The molecule has 7 heteroatoms. The van der Waals surface area contributed by atoms with E-state index < -0.39 is 6.10 Å². The molecular formula is C23H27N3O4. The zero-order valence-corrected chi connectivity index (χ0v) is 17.7. The van der Waals surface area contributed by atoms with Gasteiger partial charge in [-0.15, -0.1) is 0 Å². The van der Waals surface area contributed by atoms with E-state index in [0.29, 0.717) is 17.1 Å². The molecule has 3 rings (SSSR count). The molecule has 0 spiro atoms. The summed E-state index contributed by atoms with van der Waals surface area (Å²) in [6, 6.07) is 14.3. The van der Waals surface area contributed by atoms with Gasteiger partial charge in [0.1, 0.15) is 5.75 Å². The van der Waals surface area contributed by atoms with Crippen LogP contribution in [0.2, 0.25) is 0 Å². The topological polar surface area (TPSA) is 79.0 Å². The zero-order chi connectivity index (χ0) is 21.8. The van der Waals surface area contributed by atoms with E-state index in [2.05, 4.69) is 5.32 Å². The summed E-state index contributed by atoms with van der Waals surface area (Å²) in [6.07, 6.45) is -0.548. The largest absolute Gasteiger partial charge is 0.481 e. The molecule has 0 radical (unpaired) electrons. The second-order valence-corrected chi connectivity index (χ2v) is 7.65. The minimum atomic E-state index is -0.734. The number of aryl methyl sites for hydroxylation is 1. The molecule has 0 aromatic heterocycles. The molecule has 1 heterocycles. The normalized spacial score (nSPS) is 16.7. The van der Waals surface area contributed by atoms with Crippen molar-refractivity contribution in [2.75, 3.05) is 23.8 Å². The van der Waals surface area contributed by atoms with Crippen molar-refractivity contribution < 1.29 is 19.1 Å². The van der Waals surface area contributed by atoms with Crippen LogP contribution in [-0.4, -0.2) is 48.4 Å². The highest BCUT2D eigenvalue weighted by Gasteiger charge is 2.31. The Kier molecular flexibility index (Phi) is 6.40. The first-order valence-corrected chi connectivity index (χ1v) is 9.95. The van der Waals surface area contributed by atoms with Gasteiger partial charge >= 0.3 is 0 Å². The molecule has 0 bridgehead atoms. The van der Waals surface area contributed by atoms with Crippen molar-refractivity contribution in [2.24, 2.45) is 0 Å². The van der Waals surface area contributed by atoms with Gasteiger partial charge in [-0.25, -0.2) is 0 Å². The van der Waals surface area contributed by atoms with Gasteiger partial charge in [0, 0.05) is 19.5 Å². The van der Waals surface area contributed by atoms with Gasteiger partial charge in [0.25, 0.3) is 5.91 Å². The quantitative estimate of drug-likeness (QED) is 0.823. The van der Waals surface area contributed by atoms with Gasteiger partial charge < -0.3 is 19.9 Å². The van der Waals surface area contributed by atoms with Crippen LogP contribution in [-0.2, 0) is 14.4 Å². The molecule has 1 aliphatic rings. The molecular weight excluding hydrogens is 382 g/mol. The lowest BCUT2D eigenvalue weighted by Gasteiger charge is -2.30. The summed E-state index contributed by atoms with van der Waals surface area (Å²) < 4.78 is 5.72. The Bertz CT molecular complexity index is 942. The average molecular weight is 409 g/mol. The van der Waals surface area contributed by atoms with E-state index in [1.54, 1.807) is 37.1 Å². The van der Waals surface area contributed by atoms with Crippen LogP contribution in [0.25, 0.3) is 0 Å². The van der Waals surface area contributed by atoms with Crippen molar-refractivity contribution in [2.45, 2.75) is 39.3 Å². The number of amides is 3. The third kappa shape index (κ3) is 4.79. The number of hydrogen-bond donors (Lipinski definition) is 1. The van der Waals surface area contributed by atoms with Gasteiger partial charge in [0.05, 0.1) is 17.9 Å². The third-order valence-electron chi connectivity index (χ3n) is 5.06. The molecule has 158 valence electrons. The number of hydrogen-bond acceptors (Lipinski definition) is 4. The molecule has 0 fully saturated rings. The van der Waals surface area contributed by atoms with Crippen LogP contribution in [0, 0.1) is 6.92 Å². The van der Waals surface area contributed by atoms with E-state index in [9.17, 15) is 14.4 Å². The molecule has 0 saturated carbocycles. The average Bonchev–Trinajstić information content (AvgIpc) is 2.83. The minimum absolute atomic E-state index is 0.118. The van der Waals surface area contributed by atoms with Crippen LogP contribution < -0.4 is 15.0 Å². The summed E-state index contributed by atoms with van der Waals surface area (Å²) in [5.41, 5.74) is 2.32. The van der Waals surface area contributed by atoms with E-state index >= 15 is 0 Å². The number of nitrogens with one attached hydrogen (secondary N) is 1. The first kappa shape index (κ1) is 21.4. The van der Waals surface area contributed by atoms with Gasteiger partial charge in [-0.2, -0.15) is 0 Å². The number of ether oxygens (including phenoxy) is 1. The maximum Gasteiger partial charge on any atom is 0.263 e. The van der Waals surface area contributed by atoms with Crippen molar-refractivity contribution in [1.82, 2.24) is 4.90 Å². The second-order valence-electron chi connectivity index (χ2n) is 7.65. The molecule has 1 aliphatic heterocycles. The van der Waals surface area contributed by atoms with E-state index in [1.165, 1.54) is 4.90 Å². The summed E-state index contributed by atoms with van der Waals surface area (Å²) >= 11 is 0. The lowest BCUT2D eigenvalue weighted by molar-refractivity contribution is -0.139. The predicted molar refractivity (Wildman–Crippen MR) is 116 cm³/mol. The fourth-order valence-corrected chi connectivity index (χ4v) is 3.51. The Labute approximate surface area is 176 Å². The maximum atomic E-state index is 13.1. The van der Waals surface area contributed by atoms with Gasteiger partial charge in [-0.05, 0) is 45.0 Å². The third-order valence-corrected chi connectivity index (χ3v) is 5.06. The van der Waals surface area contributed by atoms with E-state index in [0.717, 1.165) is 5.56 Å². The zero-order valence-electron chi connectivity index (χ0n) is 17.7.